The molecule has 0 radical (unpaired) electrons. The van der Waals surface area contributed by atoms with Crippen LogP contribution in [-0.2, 0) is 4.79 Å². The molecule has 0 atom stereocenters. The third-order valence-electron chi connectivity index (χ3n) is 4.30. The first-order valence-corrected chi connectivity index (χ1v) is 5.97. The van der Waals surface area contributed by atoms with Crippen LogP contribution in [-0.4, -0.2) is 40.5 Å². The van der Waals surface area contributed by atoms with Crippen LogP contribution < -0.4 is 10.6 Å². The fraction of sp³-hybridized carbons (Fsp3) is 0.833. The normalized spacial score (nSPS) is 30.2. The minimum Gasteiger partial charge on any atom is -0.323 e. The fourth-order valence-corrected chi connectivity index (χ4v) is 3.37. The first kappa shape index (κ1) is 12.4. The summed E-state index contributed by atoms with van der Waals surface area (Å²) in [7, 11) is 2.07. The number of nitrogens with one attached hydrogen (secondary N) is 2. The van der Waals surface area contributed by atoms with Crippen molar-refractivity contribution in [2.75, 3.05) is 7.05 Å². The molecule has 0 aromatic rings. The van der Waals surface area contributed by atoms with E-state index in [0.29, 0.717) is 12.8 Å². The van der Waals surface area contributed by atoms with Crippen molar-refractivity contribution in [1.82, 2.24) is 15.5 Å². The lowest BCUT2D eigenvalue weighted by molar-refractivity contribution is -0.132. The molecule has 0 unspecified atom stereocenters. The van der Waals surface area contributed by atoms with Crippen LogP contribution in [0.15, 0.2) is 0 Å². The number of amides is 3. The third-order valence-corrected chi connectivity index (χ3v) is 4.30. The van der Waals surface area contributed by atoms with E-state index in [1.54, 1.807) is 0 Å². The maximum atomic E-state index is 12.0. The van der Waals surface area contributed by atoms with Gasteiger partial charge in [-0.25, -0.2) is 4.79 Å². The monoisotopic (exact) mass is 239 g/mol. The van der Waals surface area contributed by atoms with Gasteiger partial charge in [0.05, 0.1) is 0 Å². The molecule has 2 aliphatic rings. The second-order valence-electron chi connectivity index (χ2n) is 6.53. The van der Waals surface area contributed by atoms with Crippen molar-refractivity contribution < 1.29 is 9.59 Å². The van der Waals surface area contributed by atoms with Gasteiger partial charge in [-0.15, -0.1) is 0 Å². The van der Waals surface area contributed by atoms with E-state index in [-0.39, 0.29) is 23.0 Å². The second-order valence-corrected chi connectivity index (χ2v) is 6.53. The summed E-state index contributed by atoms with van der Waals surface area (Å²) in [5.74, 6) is -0.184. The van der Waals surface area contributed by atoms with Crippen LogP contribution in [0, 0.1) is 0 Å². The van der Waals surface area contributed by atoms with E-state index in [1.807, 2.05) is 0 Å². The van der Waals surface area contributed by atoms with E-state index in [9.17, 15) is 9.59 Å². The summed E-state index contributed by atoms with van der Waals surface area (Å²) in [5, 5.41) is 5.18. The second kappa shape index (κ2) is 3.22. The molecule has 0 saturated carbocycles. The van der Waals surface area contributed by atoms with Crippen LogP contribution in [0.2, 0.25) is 0 Å². The van der Waals surface area contributed by atoms with Gasteiger partial charge in [0.25, 0.3) is 5.91 Å². The van der Waals surface area contributed by atoms with Crippen molar-refractivity contribution >= 4 is 11.9 Å². The molecule has 1 spiro atoms. The first-order chi connectivity index (χ1) is 7.59. The van der Waals surface area contributed by atoms with Gasteiger partial charge in [0.2, 0.25) is 0 Å². The minimum absolute atomic E-state index is 0.128. The Balaban J connectivity index is 2.40. The zero-order chi connectivity index (χ0) is 13.1. The number of imide groups is 1. The van der Waals surface area contributed by atoms with E-state index in [1.165, 1.54) is 0 Å². The Morgan fingerprint density at radius 2 is 1.53 bits per heavy atom. The molecule has 2 heterocycles. The molecule has 2 aliphatic heterocycles. The quantitative estimate of drug-likeness (QED) is 0.616. The van der Waals surface area contributed by atoms with Crippen molar-refractivity contribution in [3.05, 3.63) is 0 Å². The van der Waals surface area contributed by atoms with E-state index in [2.05, 4.69) is 50.3 Å². The molecule has 96 valence electrons. The lowest BCUT2D eigenvalue weighted by atomic mass is 9.69. The Kier molecular flexibility index (Phi) is 2.34. The average Bonchev–Trinajstić information content (AvgIpc) is 2.36. The number of nitrogens with zero attached hydrogens (tertiary/aromatic N) is 1. The summed E-state index contributed by atoms with van der Waals surface area (Å²) in [6.45, 7) is 8.42. The molecular weight excluding hydrogens is 218 g/mol. The van der Waals surface area contributed by atoms with Crippen molar-refractivity contribution in [3.8, 4) is 0 Å². The van der Waals surface area contributed by atoms with E-state index >= 15 is 0 Å². The molecule has 2 N–H and O–H groups in total. The zero-order valence-corrected chi connectivity index (χ0v) is 11.2. The molecule has 2 fully saturated rings. The summed E-state index contributed by atoms with van der Waals surface area (Å²) in [4.78, 5) is 25.7. The molecule has 2 saturated heterocycles. The van der Waals surface area contributed by atoms with E-state index in [0.717, 1.165) is 0 Å². The largest absolute Gasteiger partial charge is 0.323 e. The number of hydrogen-bond acceptors (Lipinski definition) is 3. The van der Waals surface area contributed by atoms with Gasteiger partial charge >= 0.3 is 6.03 Å². The number of carbonyl (C=O) groups excluding carboxylic acids is 2. The Bertz CT molecular complexity index is 369. The minimum atomic E-state index is -0.739. The highest BCUT2D eigenvalue weighted by atomic mass is 16.2. The van der Waals surface area contributed by atoms with Gasteiger partial charge in [0, 0.05) is 11.1 Å². The molecule has 5 heteroatoms. The highest BCUT2D eigenvalue weighted by Gasteiger charge is 2.57. The fourth-order valence-electron chi connectivity index (χ4n) is 3.37. The Morgan fingerprint density at radius 1 is 1.06 bits per heavy atom. The van der Waals surface area contributed by atoms with Crippen molar-refractivity contribution in [2.45, 2.75) is 57.2 Å². The Labute approximate surface area is 102 Å². The molecule has 5 nitrogen and oxygen atoms in total. The molecule has 0 aromatic carbocycles. The SMILES string of the molecule is CN1C(C)(C)CC2(CC1(C)C)NC(=O)NC2=O. The Hall–Kier alpha value is -1.10. The van der Waals surface area contributed by atoms with Crippen molar-refractivity contribution in [1.29, 1.82) is 0 Å². The maximum Gasteiger partial charge on any atom is 0.322 e. The lowest BCUT2D eigenvalue weighted by Crippen LogP contribution is -2.68. The van der Waals surface area contributed by atoms with Crippen molar-refractivity contribution in [2.24, 2.45) is 0 Å². The highest BCUT2D eigenvalue weighted by molar-refractivity contribution is 6.07. The predicted molar refractivity (Wildman–Crippen MR) is 64.6 cm³/mol. The topological polar surface area (TPSA) is 61.4 Å². The summed E-state index contributed by atoms with van der Waals surface area (Å²) < 4.78 is 0. The van der Waals surface area contributed by atoms with E-state index in [4.69, 9.17) is 0 Å². The van der Waals surface area contributed by atoms with Crippen LogP contribution >= 0.6 is 0 Å². The molecule has 0 bridgehead atoms. The smallest absolute Gasteiger partial charge is 0.322 e. The number of likely N-dealkylation sites (tertiary alicyclic amines) is 1. The maximum absolute atomic E-state index is 12.0. The highest BCUT2D eigenvalue weighted by Crippen LogP contribution is 2.43. The van der Waals surface area contributed by atoms with Crippen molar-refractivity contribution in [3.63, 3.8) is 0 Å². The number of urea groups is 1. The molecule has 0 aliphatic carbocycles. The zero-order valence-electron chi connectivity index (χ0n) is 11.2. The molecule has 0 aromatic heterocycles. The van der Waals surface area contributed by atoms with Gasteiger partial charge in [0.15, 0.2) is 0 Å². The Morgan fingerprint density at radius 3 is 1.88 bits per heavy atom. The van der Waals surface area contributed by atoms with Crippen LogP contribution in [0.4, 0.5) is 4.79 Å². The van der Waals surface area contributed by atoms with Crippen LogP contribution in [0.3, 0.4) is 0 Å². The van der Waals surface area contributed by atoms with Crippen LogP contribution in [0.5, 0.6) is 0 Å². The molecule has 17 heavy (non-hydrogen) atoms. The molecule has 3 amide bonds. The van der Waals surface area contributed by atoms with Crippen LogP contribution in [0.1, 0.15) is 40.5 Å². The van der Waals surface area contributed by atoms with Crippen LogP contribution in [0.25, 0.3) is 0 Å². The average molecular weight is 239 g/mol. The summed E-state index contributed by atoms with van der Waals surface area (Å²) in [5.41, 5.74) is -0.996. The lowest BCUT2D eigenvalue weighted by Gasteiger charge is -2.56. The van der Waals surface area contributed by atoms with Gasteiger partial charge in [-0.05, 0) is 47.6 Å². The standard InChI is InChI=1S/C12H21N3O2/c1-10(2)6-12(7-11(3,4)15(10)5)8(16)13-9(17)14-12/h6-7H2,1-5H3,(H2,13,14,16,17). The number of hydrogen-bond donors (Lipinski definition) is 2. The summed E-state index contributed by atoms with van der Waals surface area (Å²) >= 11 is 0. The summed E-state index contributed by atoms with van der Waals surface area (Å²) in [6, 6.07) is -0.369. The summed E-state index contributed by atoms with van der Waals surface area (Å²) in [6.07, 6.45) is 1.27. The first-order valence-electron chi connectivity index (χ1n) is 5.97. The number of rotatable bonds is 0. The van der Waals surface area contributed by atoms with Gasteiger partial charge in [-0.3, -0.25) is 15.0 Å². The molecule has 2 rings (SSSR count). The van der Waals surface area contributed by atoms with Gasteiger partial charge in [-0.2, -0.15) is 0 Å². The number of carbonyl (C=O) groups is 2. The molecular formula is C12H21N3O2. The van der Waals surface area contributed by atoms with Gasteiger partial charge in [0.1, 0.15) is 5.54 Å². The third kappa shape index (κ3) is 1.73. The number of piperidine rings is 1. The van der Waals surface area contributed by atoms with Gasteiger partial charge in [-0.1, -0.05) is 0 Å². The van der Waals surface area contributed by atoms with E-state index < -0.39 is 5.54 Å². The van der Waals surface area contributed by atoms with Gasteiger partial charge < -0.3 is 5.32 Å². The predicted octanol–water partition coefficient (Wildman–Crippen LogP) is 0.847.